The first-order valence-electron chi connectivity index (χ1n) is 5.03. The van der Waals surface area contributed by atoms with E-state index in [-0.39, 0.29) is 5.91 Å². The highest BCUT2D eigenvalue weighted by molar-refractivity contribution is 5.85. The van der Waals surface area contributed by atoms with Gasteiger partial charge in [0.15, 0.2) is 0 Å². The van der Waals surface area contributed by atoms with Crippen molar-refractivity contribution in [3.8, 4) is 0 Å². The summed E-state index contributed by atoms with van der Waals surface area (Å²) in [4.78, 5) is 11.6. The minimum absolute atomic E-state index is 0.0990. The number of hydrogen-bond acceptors (Lipinski definition) is 2. The number of carbonyl (C=O) groups is 1. The minimum atomic E-state index is -0.441. The Morgan fingerprint density at radius 2 is 2.08 bits per heavy atom. The van der Waals surface area contributed by atoms with Gasteiger partial charge in [0.1, 0.15) is 0 Å². The Morgan fingerprint density at radius 3 is 2.46 bits per heavy atom. The molecule has 13 heavy (non-hydrogen) atoms. The van der Waals surface area contributed by atoms with Crippen LogP contribution in [0.3, 0.4) is 0 Å². The van der Waals surface area contributed by atoms with Gasteiger partial charge >= 0.3 is 0 Å². The van der Waals surface area contributed by atoms with Crippen LogP contribution in [0.2, 0.25) is 0 Å². The Morgan fingerprint density at radius 1 is 1.46 bits per heavy atom. The second kappa shape index (κ2) is 4.09. The molecule has 76 valence electrons. The fourth-order valence-corrected chi connectivity index (χ4v) is 1.27. The van der Waals surface area contributed by atoms with Crippen LogP contribution in [0, 0.1) is 5.92 Å². The number of carbonyl (C=O) groups excluding carboxylic acids is 1. The number of rotatable bonds is 4. The number of hydrogen-bond donors (Lipinski definition) is 2. The summed E-state index contributed by atoms with van der Waals surface area (Å²) < 4.78 is 0. The molecule has 0 aliphatic heterocycles. The molecule has 0 unspecified atom stereocenters. The quantitative estimate of drug-likeness (QED) is 0.681. The average molecular weight is 184 g/mol. The molecule has 0 heterocycles. The van der Waals surface area contributed by atoms with Crippen LogP contribution < -0.4 is 10.6 Å². The van der Waals surface area contributed by atoms with Gasteiger partial charge < -0.3 is 10.6 Å². The van der Waals surface area contributed by atoms with Crippen LogP contribution in [0.5, 0.6) is 0 Å². The van der Waals surface area contributed by atoms with Crippen molar-refractivity contribution in [1.29, 1.82) is 0 Å². The van der Waals surface area contributed by atoms with Gasteiger partial charge in [-0.15, -0.1) is 0 Å². The maximum Gasteiger partial charge on any atom is 0.239 e. The van der Waals surface area contributed by atoms with Gasteiger partial charge in [0.25, 0.3) is 0 Å². The lowest BCUT2D eigenvalue weighted by Crippen LogP contribution is -2.52. The van der Waals surface area contributed by atoms with E-state index in [4.69, 9.17) is 0 Å². The Labute approximate surface area is 80.3 Å². The van der Waals surface area contributed by atoms with E-state index in [1.807, 2.05) is 20.9 Å². The molecular formula is C10H20N2O. The van der Waals surface area contributed by atoms with Crippen LogP contribution in [0.25, 0.3) is 0 Å². The first-order chi connectivity index (χ1) is 6.06. The first-order valence-corrected chi connectivity index (χ1v) is 5.03. The topological polar surface area (TPSA) is 41.1 Å². The lowest BCUT2D eigenvalue weighted by molar-refractivity contribution is -0.126. The summed E-state index contributed by atoms with van der Waals surface area (Å²) in [6.07, 6.45) is 3.89. The molecule has 0 aromatic carbocycles. The fourth-order valence-electron chi connectivity index (χ4n) is 1.27. The Balaban J connectivity index is 2.23. The lowest BCUT2D eigenvalue weighted by atomic mass is 9.85. The van der Waals surface area contributed by atoms with Crippen molar-refractivity contribution in [2.75, 3.05) is 13.6 Å². The predicted molar refractivity (Wildman–Crippen MR) is 53.5 cm³/mol. The van der Waals surface area contributed by atoms with E-state index in [1.165, 1.54) is 19.3 Å². The summed E-state index contributed by atoms with van der Waals surface area (Å²) in [5.74, 6) is 0.832. The zero-order valence-corrected chi connectivity index (χ0v) is 8.81. The SMILES string of the molecule is CNC(C)(C)C(=O)NCC1CCC1. The van der Waals surface area contributed by atoms with Gasteiger partial charge in [-0.3, -0.25) is 4.79 Å². The lowest BCUT2D eigenvalue weighted by Gasteiger charge is -2.28. The summed E-state index contributed by atoms with van der Waals surface area (Å²) in [6.45, 7) is 4.64. The largest absolute Gasteiger partial charge is 0.354 e. The van der Waals surface area contributed by atoms with Crippen molar-refractivity contribution in [1.82, 2.24) is 10.6 Å². The number of likely N-dealkylation sites (N-methyl/N-ethyl adjacent to an activating group) is 1. The maximum atomic E-state index is 11.6. The normalized spacial score (nSPS) is 18.1. The monoisotopic (exact) mass is 184 g/mol. The van der Waals surface area contributed by atoms with Gasteiger partial charge in [-0.2, -0.15) is 0 Å². The molecule has 0 radical (unpaired) electrons. The summed E-state index contributed by atoms with van der Waals surface area (Å²) in [5.41, 5.74) is -0.441. The van der Waals surface area contributed by atoms with Crippen LogP contribution in [0.4, 0.5) is 0 Å². The molecule has 0 spiro atoms. The third-order valence-corrected chi connectivity index (χ3v) is 2.97. The molecular weight excluding hydrogens is 164 g/mol. The van der Waals surface area contributed by atoms with E-state index >= 15 is 0 Å². The smallest absolute Gasteiger partial charge is 0.239 e. The highest BCUT2D eigenvalue weighted by Crippen LogP contribution is 2.25. The van der Waals surface area contributed by atoms with Gasteiger partial charge in [-0.25, -0.2) is 0 Å². The summed E-state index contributed by atoms with van der Waals surface area (Å²) >= 11 is 0. The molecule has 1 rings (SSSR count). The molecule has 0 bridgehead atoms. The second-order valence-corrected chi connectivity index (χ2v) is 4.38. The van der Waals surface area contributed by atoms with E-state index in [0.717, 1.165) is 12.5 Å². The van der Waals surface area contributed by atoms with E-state index in [2.05, 4.69) is 10.6 Å². The zero-order chi connectivity index (χ0) is 9.90. The van der Waals surface area contributed by atoms with Crippen molar-refractivity contribution in [3.63, 3.8) is 0 Å². The minimum Gasteiger partial charge on any atom is -0.354 e. The molecule has 0 saturated heterocycles. The summed E-state index contributed by atoms with van der Waals surface area (Å²) in [6, 6.07) is 0. The van der Waals surface area contributed by atoms with Crippen LogP contribution >= 0.6 is 0 Å². The van der Waals surface area contributed by atoms with Crippen molar-refractivity contribution in [2.45, 2.75) is 38.6 Å². The molecule has 3 nitrogen and oxygen atoms in total. The Kier molecular flexibility index (Phi) is 3.31. The molecule has 1 aliphatic carbocycles. The van der Waals surface area contributed by atoms with Gasteiger partial charge in [0, 0.05) is 6.54 Å². The molecule has 3 heteroatoms. The van der Waals surface area contributed by atoms with Crippen molar-refractivity contribution in [2.24, 2.45) is 5.92 Å². The highest BCUT2D eigenvalue weighted by atomic mass is 16.2. The molecule has 2 N–H and O–H groups in total. The molecule has 0 atom stereocenters. The third kappa shape index (κ3) is 2.69. The van der Waals surface area contributed by atoms with E-state index in [0.29, 0.717) is 0 Å². The maximum absolute atomic E-state index is 11.6. The standard InChI is InChI=1S/C10H20N2O/c1-10(2,11-3)9(13)12-7-8-5-4-6-8/h8,11H,4-7H2,1-3H3,(H,12,13). The van der Waals surface area contributed by atoms with Crippen LogP contribution in [-0.2, 0) is 4.79 Å². The van der Waals surface area contributed by atoms with Gasteiger partial charge in [-0.1, -0.05) is 6.42 Å². The Hall–Kier alpha value is -0.570. The van der Waals surface area contributed by atoms with E-state index < -0.39 is 5.54 Å². The van der Waals surface area contributed by atoms with Gasteiger partial charge in [-0.05, 0) is 39.7 Å². The van der Waals surface area contributed by atoms with Crippen LogP contribution in [-0.4, -0.2) is 25.0 Å². The van der Waals surface area contributed by atoms with Crippen LogP contribution in [0.15, 0.2) is 0 Å². The van der Waals surface area contributed by atoms with Crippen molar-refractivity contribution in [3.05, 3.63) is 0 Å². The number of nitrogens with one attached hydrogen (secondary N) is 2. The van der Waals surface area contributed by atoms with Crippen molar-refractivity contribution >= 4 is 5.91 Å². The average Bonchev–Trinajstić information content (AvgIpc) is 2.01. The molecule has 1 aliphatic rings. The molecule has 1 fully saturated rings. The van der Waals surface area contributed by atoms with Crippen LogP contribution in [0.1, 0.15) is 33.1 Å². The number of amides is 1. The molecule has 1 saturated carbocycles. The zero-order valence-electron chi connectivity index (χ0n) is 8.81. The Bertz CT molecular complexity index is 185. The molecule has 0 aromatic rings. The third-order valence-electron chi connectivity index (χ3n) is 2.97. The first kappa shape index (κ1) is 10.5. The van der Waals surface area contributed by atoms with Crippen molar-refractivity contribution < 1.29 is 4.79 Å². The summed E-state index contributed by atoms with van der Waals surface area (Å²) in [7, 11) is 1.81. The predicted octanol–water partition coefficient (Wildman–Crippen LogP) is 0.901. The van der Waals surface area contributed by atoms with E-state index in [1.54, 1.807) is 0 Å². The second-order valence-electron chi connectivity index (χ2n) is 4.38. The summed E-state index contributed by atoms with van der Waals surface area (Å²) in [5, 5.41) is 5.96. The van der Waals surface area contributed by atoms with Gasteiger partial charge in [0.2, 0.25) is 5.91 Å². The van der Waals surface area contributed by atoms with E-state index in [9.17, 15) is 4.79 Å². The molecule has 0 aromatic heterocycles. The molecule has 1 amide bonds. The highest BCUT2D eigenvalue weighted by Gasteiger charge is 2.26. The fraction of sp³-hybridized carbons (Fsp3) is 0.900. The van der Waals surface area contributed by atoms with Gasteiger partial charge in [0.05, 0.1) is 5.54 Å².